The number of aromatic nitrogens is 6. The van der Waals surface area contributed by atoms with Crippen LogP contribution in [0.1, 0.15) is 13.3 Å². The molecule has 0 atom stereocenters. The summed E-state index contributed by atoms with van der Waals surface area (Å²) < 4.78 is 21.1. The van der Waals surface area contributed by atoms with Gasteiger partial charge >= 0.3 is 0 Å². The standard InChI is InChI=1S/C25H18FN7O2/c1-2-19(34)29-15-9-14(10-27-11-15)16-3-4-17-20(21(16)26)24(33-32-17)25-30-18-5-7-28-22(23(18)31-25)13-6-8-35-12-13/h3-12H,2H2,1H3,(H,29,34)(H,30,31)(H,32,33). The van der Waals surface area contributed by atoms with Gasteiger partial charge in [-0.1, -0.05) is 6.92 Å². The van der Waals surface area contributed by atoms with Gasteiger partial charge in [0.05, 0.1) is 40.8 Å². The van der Waals surface area contributed by atoms with Crippen LogP contribution >= 0.6 is 0 Å². The Morgan fingerprint density at radius 3 is 2.86 bits per heavy atom. The van der Waals surface area contributed by atoms with Gasteiger partial charge in [-0.15, -0.1) is 0 Å². The molecule has 0 unspecified atom stereocenters. The lowest BCUT2D eigenvalue weighted by atomic mass is 10.0. The molecule has 5 heterocycles. The van der Waals surface area contributed by atoms with Crippen molar-refractivity contribution in [3.8, 4) is 33.9 Å². The van der Waals surface area contributed by atoms with E-state index in [9.17, 15) is 4.79 Å². The summed E-state index contributed by atoms with van der Waals surface area (Å²) in [4.78, 5) is 28.3. The van der Waals surface area contributed by atoms with Gasteiger partial charge in [-0.25, -0.2) is 9.37 Å². The van der Waals surface area contributed by atoms with E-state index in [1.54, 1.807) is 62.2 Å². The molecule has 0 fully saturated rings. The van der Waals surface area contributed by atoms with Crippen LogP contribution in [0.4, 0.5) is 10.1 Å². The molecule has 0 bridgehead atoms. The number of fused-ring (bicyclic) bond motifs is 2. The van der Waals surface area contributed by atoms with Crippen molar-refractivity contribution in [2.45, 2.75) is 13.3 Å². The second-order valence-electron chi connectivity index (χ2n) is 7.94. The van der Waals surface area contributed by atoms with E-state index >= 15 is 4.39 Å². The van der Waals surface area contributed by atoms with Crippen LogP contribution in [-0.2, 0) is 4.79 Å². The second-order valence-corrected chi connectivity index (χ2v) is 7.94. The van der Waals surface area contributed by atoms with Crippen molar-refractivity contribution in [1.82, 2.24) is 30.1 Å². The minimum absolute atomic E-state index is 0.147. The van der Waals surface area contributed by atoms with Crippen molar-refractivity contribution in [3.63, 3.8) is 0 Å². The Hall–Kier alpha value is -4.86. The number of anilines is 1. The maximum atomic E-state index is 15.9. The molecule has 0 saturated heterocycles. The minimum atomic E-state index is -0.472. The maximum Gasteiger partial charge on any atom is 0.224 e. The van der Waals surface area contributed by atoms with Crippen molar-refractivity contribution in [1.29, 1.82) is 0 Å². The van der Waals surface area contributed by atoms with Crippen LogP contribution < -0.4 is 5.32 Å². The number of nitrogens with zero attached hydrogens (tertiary/aromatic N) is 4. The number of benzene rings is 1. The van der Waals surface area contributed by atoms with Crippen molar-refractivity contribution in [2.24, 2.45) is 0 Å². The van der Waals surface area contributed by atoms with Gasteiger partial charge in [0.1, 0.15) is 22.7 Å². The predicted octanol–water partition coefficient (Wildman–Crippen LogP) is 5.31. The molecule has 3 N–H and O–H groups in total. The molecule has 0 aliphatic carbocycles. The van der Waals surface area contributed by atoms with Crippen molar-refractivity contribution in [3.05, 3.63) is 67.3 Å². The molecule has 0 radical (unpaired) electrons. The number of nitrogens with one attached hydrogen (secondary N) is 3. The molecular formula is C25H18FN7O2. The van der Waals surface area contributed by atoms with E-state index in [-0.39, 0.29) is 5.91 Å². The molecule has 172 valence electrons. The van der Waals surface area contributed by atoms with Gasteiger partial charge in [0.25, 0.3) is 0 Å². The zero-order valence-corrected chi connectivity index (χ0v) is 18.5. The van der Waals surface area contributed by atoms with E-state index in [1.807, 2.05) is 0 Å². The molecule has 1 amide bonds. The first kappa shape index (κ1) is 20.7. The number of carbonyl (C=O) groups excluding carboxylic acids is 1. The van der Waals surface area contributed by atoms with Gasteiger partial charge in [0.15, 0.2) is 5.82 Å². The number of pyridine rings is 2. The van der Waals surface area contributed by atoms with Gasteiger partial charge in [-0.2, -0.15) is 5.10 Å². The number of carbonyl (C=O) groups is 1. The molecule has 0 aliphatic heterocycles. The first-order valence-electron chi connectivity index (χ1n) is 10.9. The van der Waals surface area contributed by atoms with Gasteiger partial charge in [0, 0.05) is 35.5 Å². The second kappa shape index (κ2) is 8.17. The highest BCUT2D eigenvalue weighted by Gasteiger charge is 2.21. The summed E-state index contributed by atoms with van der Waals surface area (Å²) in [6.45, 7) is 1.76. The first-order chi connectivity index (χ1) is 17.1. The van der Waals surface area contributed by atoms with Crippen LogP contribution in [0.25, 0.3) is 55.8 Å². The molecular weight excluding hydrogens is 449 g/mol. The number of hydrogen-bond acceptors (Lipinski definition) is 6. The molecule has 5 aromatic heterocycles. The number of aromatic amines is 2. The highest BCUT2D eigenvalue weighted by atomic mass is 19.1. The van der Waals surface area contributed by atoms with Gasteiger partial charge < -0.3 is 14.7 Å². The summed E-state index contributed by atoms with van der Waals surface area (Å²) in [5, 5.41) is 10.3. The molecule has 1 aromatic carbocycles. The molecule has 0 aliphatic rings. The third kappa shape index (κ3) is 3.52. The molecule has 9 nitrogen and oxygen atoms in total. The van der Waals surface area contributed by atoms with Crippen LogP contribution in [0, 0.1) is 5.82 Å². The number of H-pyrrole nitrogens is 2. The number of amides is 1. The zero-order valence-electron chi connectivity index (χ0n) is 18.5. The average Bonchev–Trinajstić information content (AvgIpc) is 3.63. The van der Waals surface area contributed by atoms with Gasteiger partial charge in [-0.05, 0) is 30.3 Å². The smallest absolute Gasteiger partial charge is 0.224 e. The Morgan fingerprint density at radius 2 is 2.03 bits per heavy atom. The van der Waals surface area contributed by atoms with Crippen LogP contribution in [0.3, 0.4) is 0 Å². The fourth-order valence-corrected chi connectivity index (χ4v) is 4.03. The van der Waals surface area contributed by atoms with Crippen molar-refractivity contribution in [2.75, 3.05) is 5.32 Å². The van der Waals surface area contributed by atoms with Crippen LogP contribution in [0.2, 0.25) is 0 Å². The van der Waals surface area contributed by atoms with E-state index < -0.39 is 5.82 Å². The van der Waals surface area contributed by atoms with E-state index in [4.69, 9.17) is 9.40 Å². The normalized spacial score (nSPS) is 11.4. The molecule has 6 aromatic rings. The van der Waals surface area contributed by atoms with Crippen LogP contribution in [-0.4, -0.2) is 36.0 Å². The number of rotatable bonds is 5. The minimum Gasteiger partial charge on any atom is -0.472 e. The number of imidazole rings is 1. The number of furan rings is 1. The quantitative estimate of drug-likeness (QED) is 0.315. The molecule has 35 heavy (non-hydrogen) atoms. The predicted molar refractivity (Wildman–Crippen MR) is 129 cm³/mol. The average molecular weight is 467 g/mol. The lowest BCUT2D eigenvalue weighted by molar-refractivity contribution is -0.115. The third-order valence-corrected chi connectivity index (χ3v) is 5.74. The SMILES string of the molecule is CCC(=O)Nc1cncc(-c2ccc3[nH]nc(-c4nc5c(-c6ccoc6)nccc5[nH]4)c3c2F)c1. The number of halogens is 1. The van der Waals surface area contributed by atoms with Crippen molar-refractivity contribution < 1.29 is 13.6 Å². The zero-order chi connectivity index (χ0) is 23.9. The Bertz CT molecular complexity index is 1700. The monoisotopic (exact) mass is 467 g/mol. The van der Waals surface area contributed by atoms with Crippen molar-refractivity contribution >= 4 is 33.5 Å². The Balaban J connectivity index is 1.48. The summed E-state index contributed by atoms with van der Waals surface area (Å²) in [5.41, 5.74) is 5.03. The van der Waals surface area contributed by atoms with E-state index in [2.05, 4.69) is 30.5 Å². The summed E-state index contributed by atoms with van der Waals surface area (Å²) in [6.07, 6.45) is 8.24. The summed E-state index contributed by atoms with van der Waals surface area (Å²) in [6, 6.07) is 8.70. The molecule has 0 spiro atoms. The van der Waals surface area contributed by atoms with Crippen LogP contribution in [0.5, 0.6) is 0 Å². The third-order valence-electron chi connectivity index (χ3n) is 5.74. The van der Waals surface area contributed by atoms with Gasteiger partial charge in [-0.3, -0.25) is 19.9 Å². The Kier molecular flexibility index (Phi) is 4.84. The van der Waals surface area contributed by atoms with Gasteiger partial charge in [0.2, 0.25) is 5.91 Å². The van der Waals surface area contributed by atoms with E-state index in [1.165, 1.54) is 6.20 Å². The Labute approximate surface area is 197 Å². The topological polar surface area (TPSA) is 125 Å². The summed E-state index contributed by atoms with van der Waals surface area (Å²) in [7, 11) is 0. The lowest BCUT2D eigenvalue weighted by Crippen LogP contribution is -2.09. The fraction of sp³-hybridized carbons (Fsp3) is 0.0800. The Morgan fingerprint density at radius 1 is 1.11 bits per heavy atom. The number of hydrogen-bond donors (Lipinski definition) is 3. The van der Waals surface area contributed by atoms with Crippen LogP contribution in [0.15, 0.2) is 65.9 Å². The molecule has 6 rings (SSSR count). The molecule has 10 heteroatoms. The van der Waals surface area contributed by atoms with E-state index in [0.29, 0.717) is 56.9 Å². The summed E-state index contributed by atoms with van der Waals surface area (Å²) in [5.74, 6) is -0.214. The first-order valence-corrected chi connectivity index (χ1v) is 10.9. The van der Waals surface area contributed by atoms with E-state index in [0.717, 1.165) is 11.1 Å². The highest BCUT2D eigenvalue weighted by Crippen LogP contribution is 2.35. The fourth-order valence-electron chi connectivity index (χ4n) is 4.03. The lowest BCUT2D eigenvalue weighted by Gasteiger charge is -2.08. The maximum absolute atomic E-state index is 15.9. The largest absolute Gasteiger partial charge is 0.472 e. The summed E-state index contributed by atoms with van der Waals surface area (Å²) >= 11 is 0. The molecule has 0 saturated carbocycles. The highest BCUT2D eigenvalue weighted by molar-refractivity contribution is 5.98.